The third-order valence-electron chi connectivity index (χ3n) is 5.26. The molecule has 4 aromatic rings. The molecule has 6 nitrogen and oxygen atoms in total. The summed E-state index contributed by atoms with van der Waals surface area (Å²) in [6.45, 7) is 0.623. The highest BCUT2D eigenvalue weighted by Crippen LogP contribution is 2.21. The summed E-state index contributed by atoms with van der Waals surface area (Å²) in [7, 11) is 0. The van der Waals surface area contributed by atoms with Gasteiger partial charge in [-0.05, 0) is 54.4 Å². The Balaban J connectivity index is 1.51. The van der Waals surface area contributed by atoms with Gasteiger partial charge in [-0.2, -0.15) is 0 Å². The summed E-state index contributed by atoms with van der Waals surface area (Å²) in [5.74, 6) is -0.470. The van der Waals surface area contributed by atoms with Gasteiger partial charge in [0.1, 0.15) is 0 Å². The first-order valence-corrected chi connectivity index (χ1v) is 9.37. The minimum absolute atomic E-state index is 0.116. The number of aromatic nitrogens is 1. The summed E-state index contributed by atoms with van der Waals surface area (Å²) in [6.07, 6.45) is 0.775. The van der Waals surface area contributed by atoms with Crippen LogP contribution in [-0.2, 0) is 6.42 Å². The lowest BCUT2D eigenvalue weighted by Crippen LogP contribution is -2.31. The van der Waals surface area contributed by atoms with E-state index in [1.165, 1.54) is 0 Å². The molecule has 6 heteroatoms. The smallest absolute Gasteiger partial charge is 0.255 e. The lowest BCUT2D eigenvalue weighted by atomic mass is 9.99. The minimum Gasteiger partial charge on any atom is -0.354 e. The fourth-order valence-corrected chi connectivity index (χ4v) is 3.76. The summed E-state index contributed by atoms with van der Waals surface area (Å²) in [6, 6.07) is 17.6. The van der Waals surface area contributed by atoms with Gasteiger partial charge in [-0.25, -0.2) is 0 Å². The molecular formula is C23H17N3O3. The van der Waals surface area contributed by atoms with E-state index in [4.69, 9.17) is 0 Å². The molecule has 3 N–H and O–H groups in total. The van der Waals surface area contributed by atoms with Crippen molar-refractivity contribution in [3.63, 3.8) is 0 Å². The van der Waals surface area contributed by atoms with Crippen LogP contribution in [0, 0.1) is 0 Å². The maximum Gasteiger partial charge on any atom is 0.255 e. The number of anilines is 1. The molecule has 5 rings (SSSR count). The minimum atomic E-state index is -0.337. The molecule has 3 aromatic carbocycles. The Morgan fingerprint density at radius 2 is 1.72 bits per heavy atom. The van der Waals surface area contributed by atoms with Gasteiger partial charge in [0.25, 0.3) is 11.8 Å². The van der Waals surface area contributed by atoms with Crippen molar-refractivity contribution in [1.29, 1.82) is 0 Å². The van der Waals surface area contributed by atoms with Crippen LogP contribution in [0.5, 0.6) is 0 Å². The molecule has 0 unspecified atom stereocenters. The van der Waals surface area contributed by atoms with Crippen molar-refractivity contribution in [1.82, 2.24) is 10.3 Å². The molecule has 0 fully saturated rings. The highest BCUT2D eigenvalue weighted by atomic mass is 16.2. The number of para-hydroxylation sites is 1. The number of aromatic amines is 1. The van der Waals surface area contributed by atoms with Crippen LogP contribution in [0.3, 0.4) is 0 Å². The van der Waals surface area contributed by atoms with Gasteiger partial charge in [0.15, 0.2) is 5.43 Å². The van der Waals surface area contributed by atoms with E-state index in [1.54, 1.807) is 36.4 Å². The summed E-state index contributed by atoms with van der Waals surface area (Å²) in [4.78, 5) is 40.8. The van der Waals surface area contributed by atoms with Gasteiger partial charge in [0.05, 0.1) is 0 Å². The molecule has 2 amide bonds. The molecule has 0 bridgehead atoms. The molecule has 1 aromatic heterocycles. The monoisotopic (exact) mass is 383 g/mol. The number of benzene rings is 3. The normalized spacial score (nSPS) is 13.2. The van der Waals surface area contributed by atoms with Crippen molar-refractivity contribution in [3.8, 4) is 0 Å². The molecule has 1 aliphatic rings. The predicted molar refractivity (Wildman–Crippen MR) is 113 cm³/mol. The topological polar surface area (TPSA) is 91.1 Å². The van der Waals surface area contributed by atoms with Crippen molar-refractivity contribution in [2.24, 2.45) is 0 Å². The first kappa shape index (κ1) is 17.2. The predicted octanol–water partition coefficient (Wildman–Crippen LogP) is 3.22. The first-order valence-electron chi connectivity index (χ1n) is 9.37. The number of rotatable bonds is 2. The zero-order valence-electron chi connectivity index (χ0n) is 15.4. The average molecular weight is 383 g/mol. The summed E-state index contributed by atoms with van der Waals surface area (Å²) in [5, 5.41) is 6.66. The first-order chi connectivity index (χ1) is 14.1. The van der Waals surface area contributed by atoms with E-state index in [2.05, 4.69) is 15.6 Å². The van der Waals surface area contributed by atoms with E-state index in [0.29, 0.717) is 39.6 Å². The number of pyridine rings is 1. The van der Waals surface area contributed by atoms with Crippen LogP contribution in [-0.4, -0.2) is 23.3 Å². The van der Waals surface area contributed by atoms with Crippen LogP contribution in [0.4, 0.5) is 5.69 Å². The molecule has 0 aliphatic carbocycles. The van der Waals surface area contributed by atoms with Crippen LogP contribution in [0.1, 0.15) is 26.3 Å². The lowest BCUT2D eigenvalue weighted by molar-refractivity contribution is 0.0944. The Hall–Kier alpha value is -3.93. The van der Waals surface area contributed by atoms with E-state index < -0.39 is 0 Å². The van der Waals surface area contributed by atoms with Crippen molar-refractivity contribution in [2.75, 3.05) is 11.9 Å². The largest absolute Gasteiger partial charge is 0.354 e. The summed E-state index contributed by atoms with van der Waals surface area (Å²) >= 11 is 0. The molecule has 142 valence electrons. The Kier molecular flexibility index (Phi) is 3.91. The van der Waals surface area contributed by atoms with Crippen molar-refractivity contribution < 1.29 is 9.59 Å². The van der Waals surface area contributed by atoms with Crippen LogP contribution >= 0.6 is 0 Å². The Bertz CT molecular complexity index is 1370. The molecule has 0 atom stereocenters. The van der Waals surface area contributed by atoms with E-state index >= 15 is 0 Å². The van der Waals surface area contributed by atoms with Gasteiger partial charge in [0.2, 0.25) is 0 Å². The fourth-order valence-electron chi connectivity index (χ4n) is 3.76. The summed E-state index contributed by atoms with van der Waals surface area (Å²) in [5.41, 5.74) is 3.78. The Morgan fingerprint density at radius 3 is 2.62 bits per heavy atom. The molecule has 1 aliphatic heterocycles. The molecule has 0 spiro atoms. The highest BCUT2D eigenvalue weighted by molar-refractivity contribution is 6.07. The van der Waals surface area contributed by atoms with Crippen molar-refractivity contribution in [2.45, 2.75) is 6.42 Å². The van der Waals surface area contributed by atoms with Gasteiger partial charge >= 0.3 is 0 Å². The third kappa shape index (κ3) is 2.95. The second-order valence-corrected chi connectivity index (χ2v) is 7.09. The van der Waals surface area contributed by atoms with Gasteiger partial charge in [-0.1, -0.05) is 18.2 Å². The quantitative estimate of drug-likeness (QED) is 0.464. The van der Waals surface area contributed by atoms with Gasteiger partial charge < -0.3 is 15.6 Å². The van der Waals surface area contributed by atoms with Gasteiger partial charge in [-0.3, -0.25) is 14.4 Å². The van der Waals surface area contributed by atoms with Crippen LogP contribution in [0.15, 0.2) is 65.5 Å². The number of amides is 2. The molecule has 29 heavy (non-hydrogen) atoms. The standard InChI is InChI=1S/C23H17N3O3/c27-21-16-3-1-2-4-19(16)26-20-8-6-14(11-18(20)21)22(28)25-15-7-5-13-9-10-24-23(29)17(13)12-15/h1-8,11-12H,9-10H2,(H,24,29)(H,25,28)(H,26,27). The zero-order valence-corrected chi connectivity index (χ0v) is 15.4. The Labute approximate surface area is 165 Å². The number of hydrogen-bond donors (Lipinski definition) is 3. The van der Waals surface area contributed by atoms with Crippen LogP contribution < -0.4 is 16.1 Å². The molecule has 0 saturated heterocycles. The van der Waals surface area contributed by atoms with Gasteiger partial charge in [-0.15, -0.1) is 0 Å². The molecular weight excluding hydrogens is 366 g/mol. The molecule has 2 heterocycles. The third-order valence-corrected chi connectivity index (χ3v) is 5.26. The molecule has 0 radical (unpaired) electrons. The van der Waals surface area contributed by atoms with E-state index in [0.717, 1.165) is 17.5 Å². The Morgan fingerprint density at radius 1 is 0.897 bits per heavy atom. The van der Waals surface area contributed by atoms with E-state index in [1.807, 2.05) is 24.3 Å². The summed E-state index contributed by atoms with van der Waals surface area (Å²) < 4.78 is 0. The zero-order chi connectivity index (χ0) is 20.0. The lowest BCUT2D eigenvalue weighted by Gasteiger charge is -2.17. The number of carbonyl (C=O) groups excluding carboxylic acids is 2. The van der Waals surface area contributed by atoms with Crippen LogP contribution in [0.2, 0.25) is 0 Å². The number of fused-ring (bicyclic) bond motifs is 3. The highest BCUT2D eigenvalue weighted by Gasteiger charge is 2.17. The number of carbonyl (C=O) groups is 2. The van der Waals surface area contributed by atoms with Gasteiger partial charge in [0, 0.05) is 45.2 Å². The SMILES string of the molecule is O=C(Nc1ccc2c(c1)C(=O)NCC2)c1ccc2[nH]c3ccccc3c(=O)c2c1. The van der Waals surface area contributed by atoms with E-state index in [-0.39, 0.29) is 17.2 Å². The second-order valence-electron chi connectivity index (χ2n) is 7.09. The van der Waals surface area contributed by atoms with E-state index in [9.17, 15) is 14.4 Å². The fraction of sp³-hybridized carbons (Fsp3) is 0.0870. The molecule has 0 saturated carbocycles. The number of nitrogens with one attached hydrogen (secondary N) is 3. The van der Waals surface area contributed by atoms with Crippen LogP contribution in [0.25, 0.3) is 21.8 Å². The maximum atomic E-state index is 12.8. The van der Waals surface area contributed by atoms with Crippen molar-refractivity contribution in [3.05, 3.63) is 87.6 Å². The maximum absolute atomic E-state index is 12.8. The number of H-pyrrole nitrogens is 1. The number of hydrogen-bond acceptors (Lipinski definition) is 3. The second kappa shape index (κ2) is 6.60. The van der Waals surface area contributed by atoms with Crippen molar-refractivity contribution >= 4 is 39.3 Å². The average Bonchev–Trinajstić information content (AvgIpc) is 2.74.